The number of nitrogen functional groups attached to an aromatic ring is 1. The van der Waals surface area contributed by atoms with Crippen LogP contribution in [0.1, 0.15) is 39.7 Å². The van der Waals surface area contributed by atoms with E-state index in [9.17, 15) is 13.2 Å². The summed E-state index contributed by atoms with van der Waals surface area (Å²) in [7, 11) is -2.76. The van der Waals surface area contributed by atoms with E-state index >= 15 is 0 Å². The Labute approximate surface area is 228 Å². The Balaban J connectivity index is 2.15. The van der Waals surface area contributed by atoms with Crippen molar-refractivity contribution in [1.29, 1.82) is 0 Å². The van der Waals surface area contributed by atoms with Crippen LogP contribution in [0.4, 0.5) is 5.82 Å². The third-order valence-corrected chi connectivity index (χ3v) is 6.66. The van der Waals surface area contributed by atoms with Crippen LogP contribution in [-0.4, -0.2) is 43.8 Å². The fourth-order valence-electron chi connectivity index (χ4n) is 3.86. The number of nitrogens with two attached hydrogens (primary N) is 1. The third kappa shape index (κ3) is 6.88. The lowest BCUT2D eigenvalue weighted by Crippen LogP contribution is -2.31. The molecule has 3 N–H and O–H groups in total. The molecular weight excluding hydrogens is 518 g/mol. The first-order chi connectivity index (χ1) is 18.5. The van der Waals surface area contributed by atoms with Gasteiger partial charge in [-0.1, -0.05) is 36.4 Å². The molecule has 11 heteroatoms. The third-order valence-electron chi connectivity index (χ3n) is 5.43. The minimum Gasteiger partial charge on any atom is -0.478 e. The van der Waals surface area contributed by atoms with E-state index in [0.717, 1.165) is 16.7 Å². The van der Waals surface area contributed by atoms with Crippen LogP contribution in [0.2, 0.25) is 0 Å². The van der Waals surface area contributed by atoms with Crippen molar-refractivity contribution in [2.24, 2.45) is 4.99 Å². The molecule has 0 aliphatic carbocycles. The predicted molar refractivity (Wildman–Crippen MR) is 151 cm³/mol. The number of sulfonamides is 1. The zero-order chi connectivity index (χ0) is 28.7. The molecule has 0 saturated carbocycles. The zero-order valence-corrected chi connectivity index (χ0v) is 23.3. The number of carbonyl (C=O) groups is 1. The van der Waals surface area contributed by atoms with Gasteiger partial charge in [-0.15, -0.1) is 0 Å². The van der Waals surface area contributed by atoms with Gasteiger partial charge in [0.2, 0.25) is 11.8 Å². The van der Waals surface area contributed by atoms with E-state index in [4.69, 9.17) is 15.2 Å². The summed E-state index contributed by atoms with van der Waals surface area (Å²) in [5, 5.41) is -0.398. The van der Waals surface area contributed by atoms with E-state index in [1.165, 1.54) is 24.3 Å². The van der Waals surface area contributed by atoms with Crippen molar-refractivity contribution >= 4 is 33.2 Å². The van der Waals surface area contributed by atoms with Crippen LogP contribution in [0.15, 0.2) is 71.2 Å². The molecule has 0 radical (unpaired) electrons. The SMILES string of the molecule is C=C/C=C(\C(=NC)OCC)c1ccc(C(=O)NS(=O)(=O)c2cccc(N)n2)c(Oc2c(C)cc(C)cc2C)n1. The Morgan fingerprint density at radius 2 is 1.82 bits per heavy atom. The highest BCUT2D eigenvalue weighted by Crippen LogP contribution is 2.32. The number of carbonyl (C=O) groups excluding carboxylic acids is 1. The van der Waals surface area contributed by atoms with Gasteiger partial charge in [0.15, 0.2) is 5.03 Å². The Hall–Kier alpha value is -4.51. The number of rotatable bonds is 9. The van der Waals surface area contributed by atoms with Crippen molar-refractivity contribution in [2.45, 2.75) is 32.7 Å². The second-order valence-corrected chi connectivity index (χ2v) is 10.1. The monoisotopic (exact) mass is 549 g/mol. The highest BCUT2D eigenvalue weighted by molar-refractivity contribution is 7.90. The lowest BCUT2D eigenvalue weighted by molar-refractivity contribution is 0.0978. The molecule has 1 amide bonds. The molecule has 0 atom stereocenters. The van der Waals surface area contributed by atoms with Crippen molar-refractivity contribution in [1.82, 2.24) is 14.7 Å². The molecule has 3 rings (SSSR count). The molecule has 0 bridgehead atoms. The molecule has 0 aliphatic rings. The number of nitrogens with one attached hydrogen (secondary N) is 1. The number of allylic oxidation sites excluding steroid dienone is 2. The first-order valence-corrected chi connectivity index (χ1v) is 13.5. The maximum Gasteiger partial charge on any atom is 0.281 e. The highest BCUT2D eigenvalue weighted by atomic mass is 32.2. The van der Waals surface area contributed by atoms with Gasteiger partial charge in [0.05, 0.1) is 17.9 Å². The van der Waals surface area contributed by atoms with E-state index in [1.807, 2.05) is 44.5 Å². The Kier molecular flexibility index (Phi) is 9.20. The molecule has 3 aromatic rings. The number of benzene rings is 1. The van der Waals surface area contributed by atoms with Gasteiger partial charge < -0.3 is 15.2 Å². The second-order valence-electron chi connectivity index (χ2n) is 8.49. The van der Waals surface area contributed by atoms with Crippen LogP contribution in [-0.2, 0) is 14.8 Å². The van der Waals surface area contributed by atoms with Gasteiger partial charge in [-0.25, -0.2) is 14.7 Å². The van der Waals surface area contributed by atoms with Crippen molar-refractivity contribution in [3.05, 3.63) is 89.1 Å². The van der Waals surface area contributed by atoms with E-state index < -0.39 is 21.0 Å². The largest absolute Gasteiger partial charge is 0.478 e. The number of hydrogen-bond acceptors (Lipinski definition) is 9. The summed E-state index contributed by atoms with van der Waals surface area (Å²) in [6.07, 6.45) is 3.23. The van der Waals surface area contributed by atoms with E-state index in [0.29, 0.717) is 29.5 Å². The molecule has 39 heavy (non-hydrogen) atoms. The maximum atomic E-state index is 13.3. The fraction of sp³-hybridized carbons (Fsp3) is 0.214. The molecule has 2 heterocycles. The second kappa shape index (κ2) is 12.4. The van der Waals surface area contributed by atoms with Crippen LogP contribution in [0.25, 0.3) is 5.57 Å². The average Bonchev–Trinajstić information content (AvgIpc) is 2.88. The summed E-state index contributed by atoms with van der Waals surface area (Å²) >= 11 is 0. The summed E-state index contributed by atoms with van der Waals surface area (Å²) in [4.78, 5) is 25.9. The van der Waals surface area contributed by atoms with Crippen molar-refractivity contribution in [3.8, 4) is 11.6 Å². The molecule has 10 nitrogen and oxygen atoms in total. The zero-order valence-electron chi connectivity index (χ0n) is 22.5. The maximum absolute atomic E-state index is 13.3. The molecule has 0 aliphatic heterocycles. The van der Waals surface area contributed by atoms with E-state index in [1.54, 1.807) is 25.3 Å². The van der Waals surface area contributed by atoms with Crippen LogP contribution in [0.5, 0.6) is 11.6 Å². The summed E-state index contributed by atoms with van der Waals surface area (Å²) in [6.45, 7) is 11.6. The number of aliphatic imine (C=N–C) groups is 1. The first kappa shape index (κ1) is 29.1. The van der Waals surface area contributed by atoms with Crippen LogP contribution >= 0.6 is 0 Å². The lowest BCUT2D eigenvalue weighted by atomic mass is 10.1. The Bertz CT molecular complexity index is 1560. The first-order valence-electron chi connectivity index (χ1n) is 12.0. The molecule has 204 valence electrons. The summed E-state index contributed by atoms with van der Waals surface area (Å²) in [5.74, 6) is -0.277. The Morgan fingerprint density at radius 1 is 1.13 bits per heavy atom. The summed E-state index contributed by atoms with van der Waals surface area (Å²) in [6, 6.07) is 10.9. The molecule has 0 fully saturated rings. The number of aryl methyl sites for hydroxylation is 3. The van der Waals surface area contributed by atoms with Gasteiger partial charge in [0.1, 0.15) is 17.1 Å². The molecule has 2 aromatic heterocycles. The molecule has 0 spiro atoms. The quantitative estimate of drug-likeness (QED) is 0.225. The minimum absolute atomic E-state index is 0.00471. The number of nitrogens with zero attached hydrogens (tertiary/aromatic N) is 3. The smallest absolute Gasteiger partial charge is 0.281 e. The van der Waals surface area contributed by atoms with Crippen LogP contribution < -0.4 is 15.2 Å². The van der Waals surface area contributed by atoms with E-state index in [-0.39, 0.29) is 17.3 Å². The average molecular weight is 550 g/mol. The fourth-order valence-corrected chi connectivity index (χ4v) is 4.80. The van der Waals surface area contributed by atoms with Gasteiger partial charge in [-0.2, -0.15) is 8.42 Å². The van der Waals surface area contributed by atoms with Crippen molar-refractivity contribution < 1.29 is 22.7 Å². The van der Waals surface area contributed by atoms with Crippen LogP contribution in [0.3, 0.4) is 0 Å². The van der Waals surface area contributed by atoms with Gasteiger partial charge in [0.25, 0.3) is 15.9 Å². The minimum atomic E-state index is -4.34. The normalized spacial score (nSPS) is 12.1. The number of amides is 1. The van der Waals surface area contributed by atoms with Gasteiger partial charge in [-0.05, 0) is 69.2 Å². The molecule has 0 saturated heterocycles. The van der Waals surface area contributed by atoms with E-state index in [2.05, 4.69) is 21.5 Å². The number of aromatic nitrogens is 2. The predicted octanol–water partition coefficient (Wildman–Crippen LogP) is 4.53. The summed E-state index contributed by atoms with van der Waals surface area (Å²) in [5.41, 5.74) is 9.05. The standard InChI is InChI=1S/C28H31N5O5S/c1-7-10-20(27(30-6)37-8-2)22-14-13-21(26(34)33-39(35,36)24-12-9-11-23(29)32-24)28(31-22)38-25-18(4)15-17(3)16-19(25)5/h7,9-16H,1,8H2,2-6H3,(H2,29,32)(H,33,34)/b20-10-,30-27?. The molecule has 0 unspecified atom stereocenters. The number of hydrogen-bond donors (Lipinski definition) is 2. The van der Waals surface area contributed by atoms with Crippen LogP contribution in [0, 0.1) is 20.8 Å². The molecule has 1 aromatic carbocycles. The van der Waals surface area contributed by atoms with Gasteiger partial charge >= 0.3 is 0 Å². The van der Waals surface area contributed by atoms with Gasteiger partial charge in [-0.3, -0.25) is 9.79 Å². The Morgan fingerprint density at radius 3 is 2.41 bits per heavy atom. The lowest BCUT2D eigenvalue weighted by Gasteiger charge is -2.17. The summed E-state index contributed by atoms with van der Waals surface area (Å²) < 4.78 is 39.6. The van der Waals surface area contributed by atoms with Crippen molar-refractivity contribution in [3.63, 3.8) is 0 Å². The highest BCUT2D eigenvalue weighted by Gasteiger charge is 2.25. The number of pyridine rings is 2. The molecular formula is C28H31N5O5S. The number of ether oxygens (including phenoxy) is 2. The van der Waals surface area contributed by atoms with Crippen molar-refractivity contribution in [2.75, 3.05) is 19.4 Å². The number of anilines is 1. The van der Waals surface area contributed by atoms with Gasteiger partial charge in [0, 0.05) is 7.05 Å². The topological polar surface area (TPSA) is 146 Å².